The van der Waals surface area contributed by atoms with Crippen molar-refractivity contribution < 1.29 is 5.11 Å². The van der Waals surface area contributed by atoms with Crippen LogP contribution >= 0.6 is 22.9 Å². The average Bonchev–Trinajstić information content (AvgIpc) is 2.13. The Morgan fingerprint density at radius 3 is 3.09 bits per heavy atom. The van der Waals surface area contributed by atoms with Gasteiger partial charge in [0.25, 0.3) is 0 Å². The molecule has 0 aromatic rings. The summed E-state index contributed by atoms with van der Waals surface area (Å²) in [6.45, 7) is 1.95. The Labute approximate surface area is 79.9 Å². The Morgan fingerprint density at radius 2 is 2.45 bits per heavy atom. The molecule has 0 heterocycles. The fourth-order valence-electron chi connectivity index (χ4n) is 0.757. The highest BCUT2D eigenvalue weighted by Gasteiger charge is 2.06. The van der Waals surface area contributed by atoms with Crippen molar-refractivity contribution in [1.82, 2.24) is 3.53 Å². The minimum absolute atomic E-state index is 0.680. The van der Waals surface area contributed by atoms with Crippen molar-refractivity contribution in [3.63, 3.8) is 0 Å². The van der Waals surface area contributed by atoms with Crippen LogP contribution in [-0.2, 0) is 0 Å². The van der Waals surface area contributed by atoms with E-state index in [9.17, 15) is 5.11 Å². The van der Waals surface area contributed by atoms with Crippen LogP contribution in [0.1, 0.15) is 6.92 Å². The number of aliphatic hydroxyl groups is 1. The molecule has 0 aliphatic heterocycles. The second-order valence-corrected chi connectivity index (χ2v) is 2.81. The Kier molecular flexibility index (Phi) is 2.97. The molecule has 1 unspecified atom stereocenters. The molecule has 0 saturated heterocycles. The number of halogens is 1. The minimum Gasteiger partial charge on any atom is -0.374 e. The highest BCUT2D eigenvalue weighted by molar-refractivity contribution is 14.1. The molecule has 11 heavy (non-hydrogen) atoms. The lowest BCUT2D eigenvalue weighted by atomic mass is 10.2. The van der Waals surface area contributed by atoms with Gasteiger partial charge in [-0.2, -0.15) is 0 Å². The summed E-state index contributed by atoms with van der Waals surface area (Å²) in [5.74, 6) is 5.42. The molecule has 58 valence electrons. The molecule has 0 saturated carbocycles. The lowest BCUT2D eigenvalue weighted by Gasteiger charge is -2.05. The molecule has 0 radical (unpaired) electrons. The molecule has 3 heteroatoms. The molecular formula is C8H8INO. The predicted molar refractivity (Wildman–Crippen MR) is 52.8 cm³/mol. The minimum atomic E-state index is -0.680. The third-order valence-corrected chi connectivity index (χ3v) is 1.93. The van der Waals surface area contributed by atoms with Crippen molar-refractivity contribution in [2.45, 2.75) is 13.0 Å². The van der Waals surface area contributed by atoms with Gasteiger partial charge < -0.3 is 8.64 Å². The number of hydrogen-bond donors (Lipinski definition) is 2. The van der Waals surface area contributed by atoms with E-state index in [1.54, 1.807) is 6.08 Å². The van der Waals surface area contributed by atoms with Crippen LogP contribution in [0.25, 0.3) is 0 Å². The second-order valence-electron chi connectivity index (χ2n) is 2.27. The van der Waals surface area contributed by atoms with Crippen LogP contribution < -0.4 is 3.53 Å². The quantitative estimate of drug-likeness (QED) is 0.421. The van der Waals surface area contributed by atoms with Crippen molar-refractivity contribution >= 4 is 22.9 Å². The van der Waals surface area contributed by atoms with Crippen LogP contribution in [-0.4, -0.2) is 11.2 Å². The first-order valence-electron chi connectivity index (χ1n) is 3.18. The van der Waals surface area contributed by atoms with Crippen molar-refractivity contribution in [3.8, 4) is 11.8 Å². The van der Waals surface area contributed by atoms with Crippen LogP contribution in [0, 0.1) is 11.8 Å². The molecule has 1 rings (SSSR count). The van der Waals surface area contributed by atoms with Gasteiger partial charge >= 0.3 is 0 Å². The van der Waals surface area contributed by atoms with Gasteiger partial charge in [-0.15, -0.1) is 0 Å². The van der Waals surface area contributed by atoms with E-state index < -0.39 is 6.10 Å². The van der Waals surface area contributed by atoms with Gasteiger partial charge in [0, 0.05) is 0 Å². The average molecular weight is 261 g/mol. The van der Waals surface area contributed by atoms with Gasteiger partial charge in [-0.1, -0.05) is 11.8 Å². The summed E-state index contributed by atoms with van der Waals surface area (Å²) >= 11 is 1.98. The standard InChI is InChI=1S/C8H8INO/c1-6-3-2-4-8(11)7(5-6)10-9/h3,5,8,10-11H,1H3. The van der Waals surface area contributed by atoms with Crippen molar-refractivity contribution in [2.24, 2.45) is 0 Å². The van der Waals surface area contributed by atoms with Gasteiger partial charge in [0.1, 0.15) is 0 Å². The molecule has 0 fully saturated rings. The summed E-state index contributed by atoms with van der Waals surface area (Å²) in [5, 5.41) is 9.32. The third-order valence-electron chi connectivity index (χ3n) is 1.31. The van der Waals surface area contributed by atoms with Gasteiger partial charge in [0.2, 0.25) is 0 Å². The molecular weight excluding hydrogens is 253 g/mol. The first-order valence-corrected chi connectivity index (χ1v) is 4.26. The van der Waals surface area contributed by atoms with Crippen molar-refractivity contribution in [3.05, 3.63) is 23.4 Å². The predicted octanol–water partition coefficient (Wildman–Crippen LogP) is 1.13. The van der Waals surface area contributed by atoms with Crippen molar-refractivity contribution in [2.75, 3.05) is 0 Å². The third kappa shape index (κ3) is 2.24. The molecule has 1 aliphatic carbocycles. The molecule has 1 atom stereocenters. The Bertz CT molecular complexity index is 270. The molecule has 0 aromatic carbocycles. The highest BCUT2D eigenvalue weighted by Crippen LogP contribution is 2.07. The first kappa shape index (κ1) is 8.62. The zero-order valence-electron chi connectivity index (χ0n) is 6.06. The normalized spacial score (nSPS) is 22.3. The van der Waals surface area contributed by atoms with E-state index in [0.29, 0.717) is 0 Å². The van der Waals surface area contributed by atoms with E-state index in [2.05, 4.69) is 15.4 Å². The van der Waals surface area contributed by atoms with Gasteiger partial charge in [0.05, 0.1) is 28.6 Å². The summed E-state index contributed by atoms with van der Waals surface area (Å²) in [7, 11) is 0. The van der Waals surface area contributed by atoms with Crippen molar-refractivity contribution in [1.29, 1.82) is 0 Å². The van der Waals surface area contributed by atoms with E-state index in [0.717, 1.165) is 11.3 Å². The fraction of sp³-hybridized carbons (Fsp3) is 0.250. The number of hydrogen-bond acceptors (Lipinski definition) is 2. The summed E-state index contributed by atoms with van der Waals surface area (Å²) in [4.78, 5) is 0. The maximum Gasteiger partial charge on any atom is 0.155 e. The summed E-state index contributed by atoms with van der Waals surface area (Å²) in [5.41, 5.74) is 1.79. The van der Waals surface area contributed by atoms with E-state index in [4.69, 9.17) is 0 Å². The van der Waals surface area contributed by atoms with Gasteiger partial charge in [-0.25, -0.2) is 0 Å². The first-order chi connectivity index (χ1) is 5.24. The van der Waals surface area contributed by atoms with Crippen LogP contribution in [0.5, 0.6) is 0 Å². The molecule has 0 spiro atoms. The topological polar surface area (TPSA) is 32.3 Å². The molecule has 0 aromatic heterocycles. The summed E-state index contributed by atoms with van der Waals surface area (Å²) < 4.78 is 2.86. The lowest BCUT2D eigenvalue weighted by molar-refractivity contribution is 0.265. The lowest BCUT2D eigenvalue weighted by Crippen LogP contribution is -2.14. The zero-order chi connectivity index (χ0) is 8.27. The molecule has 2 nitrogen and oxygen atoms in total. The van der Waals surface area contributed by atoms with Crippen LogP contribution in [0.15, 0.2) is 23.4 Å². The van der Waals surface area contributed by atoms with E-state index >= 15 is 0 Å². The molecule has 0 amide bonds. The summed E-state index contributed by atoms with van der Waals surface area (Å²) in [6.07, 6.45) is 2.97. The van der Waals surface area contributed by atoms with E-state index in [1.165, 1.54) is 0 Å². The van der Waals surface area contributed by atoms with Gasteiger partial charge in [-0.05, 0) is 24.6 Å². The van der Waals surface area contributed by atoms with E-state index in [-0.39, 0.29) is 0 Å². The van der Waals surface area contributed by atoms with Crippen LogP contribution in [0.3, 0.4) is 0 Å². The van der Waals surface area contributed by atoms with Crippen LogP contribution in [0.2, 0.25) is 0 Å². The number of allylic oxidation sites excluding steroid dienone is 3. The Balaban J connectivity index is 2.93. The Morgan fingerprint density at radius 1 is 1.73 bits per heavy atom. The zero-order valence-corrected chi connectivity index (χ0v) is 8.21. The largest absolute Gasteiger partial charge is 0.374 e. The highest BCUT2D eigenvalue weighted by atomic mass is 127. The number of rotatable bonds is 1. The van der Waals surface area contributed by atoms with Gasteiger partial charge in [0.15, 0.2) is 6.10 Å². The van der Waals surface area contributed by atoms with E-state index in [1.807, 2.05) is 35.9 Å². The molecule has 2 N–H and O–H groups in total. The smallest absolute Gasteiger partial charge is 0.155 e. The number of aliphatic hydroxyl groups excluding tert-OH is 1. The SMILES string of the molecule is CC1=CC#CC(O)C(NI)=C1. The molecule has 1 aliphatic rings. The Hall–Kier alpha value is -0.470. The van der Waals surface area contributed by atoms with Gasteiger partial charge in [-0.3, -0.25) is 0 Å². The number of nitrogens with one attached hydrogen (secondary N) is 1. The molecule has 0 bridgehead atoms. The summed E-state index contributed by atoms with van der Waals surface area (Å²) in [6, 6.07) is 0. The van der Waals surface area contributed by atoms with Crippen LogP contribution in [0.4, 0.5) is 0 Å². The monoisotopic (exact) mass is 261 g/mol. The maximum absolute atomic E-state index is 9.32. The maximum atomic E-state index is 9.32. The second kappa shape index (κ2) is 3.79. The fourth-order valence-corrected chi connectivity index (χ4v) is 1.21.